The van der Waals surface area contributed by atoms with Crippen LogP contribution in [0.5, 0.6) is 0 Å². The lowest BCUT2D eigenvalue weighted by Gasteiger charge is -2.49. The number of oxime groups is 1. The van der Waals surface area contributed by atoms with Gasteiger partial charge in [0.05, 0.1) is 16.9 Å². The van der Waals surface area contributed by atoms with Gasteiger partial charge in [0.25, 0.3) is 21.9 Å². The van der Waals surface area contributed by atoms with Crippen LogP contribution in [0, 0.1) is 5.41 Å². The standard InChI is InChI=1S/C21H27N5O9S2.C6H6O3S/c1-9(33-18(29)21(2,3)4)34-20(30)35-16-10(6-32-5)7-36-17-13(15(28)26(16)17)24-14(27)12(25-31)11-8-37-19(22)23-11;7-10(8,9)6-4-2-1-3-5-6/h8-9,13,17,31H,6-7H2,1-5H3,(H2,22,23)(H,24,27);1-5H,(H,7,8,9)/b25-12-;/t9?,13?,17-;/m0./s1. The SMILES string of the molecule is COCC1=C(OC(=O)OC(C)OC(=O)C(C)(C)C)N2C(=O)C(NC(=O)/C(=N\O)c3csc(N)n3)[C@@H]2SC1.O=S(=O)(O)c1ccccc1. The molecule has 2 aromatic rings. The molecule has 0 spiro atoms. The van der Waals surface area contributed by atoms with Crippen LogP contribution in [-0.2, 0) is 43.4 Å². The minimum atomic E-state index is -4.00. The monoisotopic (exact) mass is 715 g/mol. The fourth-order valence-corrected chi connectivity index (χ4v) is 6.16. The molecule has 17 nitrogen and oxygen atoms in total. The number of benzene rings is 1. The summed E-state index contributed by atoms with van der Waals surface area (Å²) in [7, 11) is -2.56. The molecule has 47 heavy (non-hydrogen) atoms. The van der Waals surface area contributed by atoms with Crippen molar-refractivity contribution in [1.29, 1.82) is 0 Å². The highest BCUT2D eigenvalue weighted by Gasteiger charge is 2.54. The van der Waals surface area contributed by atoms with Gasteiger partial charge in [-0.05, 0) is 32.9 Å². The Labute approximate surface area is 277 Å². The van der Waals surface area contributed by atoms with E-state index in [-0.39, 0.29) is 28.2 Å². The average Bonchev–Trinajstić information content (AvgIpc) is 3.42. The molecule has 2 aliphatic rings. The van der Waals surface area contributed by atoms with Gasteiger partial charge in [-0.3, -0.25) is 23.8 Å². The molecule has 0 saturated carbocycles. The van der Waals surface area contributed by atoms with Crippen molar-refractivity contribution in [2.45, 2.75) is 50.3 Å². The number of nitrogens with zero attached hydrogens (tertiary/aromatic N) is 3. The largest absolute Gasteiger partial charge is 0.518 e. The van der Waals surface area contributed by atoms with Gasteiger partial charge in [0.1, 0.15) is 17.1 Å². The van der Waals surface area contributed by atoms with E-state index in [1.54, 1.807) is 39.0 Å². The van der Waals surface area contributed by atoms with Crippen molar-refractivity contribution in [2.75, 3.05) is 25.2 Å². The summed E-state index contributed by atoms with van der Waals surface area (Å²) in [5, 5.41) is 15.8. The zero-order chi connectivity index (χ0) is 35.1. The molecule has 20 heteroatoms. The maximum Gasteiger partial charge on any atom is 0.518 e. The third-order valence-electron chi connectivity index (χ3n) is 6.05. The molecule has 2 aliphatic heterocycles. The highest BCUT2D eigenvalue weighted by molar-refractivity contribution is 8.00. The van der Waals surface area contributed by atoms with E-state index in [1.807, 2.05) is 0 Å². The number of ether oxygens (including phenoxy) is 4. The van der Waals surface area contributed by atoms with E-state index in [4.69, 9.17) is 29.2 Å². The van der Waals surface area contributed by atoms with E-state index in [2.05, 4.69) is 15.5 Å². The first-order valence-electron chi connectivity index (χ1n) is 13.5. The van der Waals surface area contributed by atoms with Crippen molar-refractivity contribution < 1.29 is 56.3 Å². The smallest absolute Gasteiger partial charge is 0.425 e. The van der Waals surface area contributed by atoms with Gasteiger partial charge in [-0.25, -0.2) is 9.78 Å². The predicted octanol–water partition coefficient (Wildman–Crippen LogP) is 2.18. The molecule has 1 saturated heterocycles. The number of thiazole rings is 1. The Bertz CT molecular complexity index is 1650. The third kappa shape index (κ3) is 9.64. The minimum absolute atomic E-state index is 0.0535. The zero-order valence-electron chi connectivity index (χ0n) is 25.7. The molecule has 0 radical (unpaired) electrons. The quantitative estimate of drug-likeness (QED) is 0.0553. The van der Waals surface area contributed by atoms with Crippen molar-refractivity contribution in [1.82, 2.24) is 15.2 Å². The summed E-state index contributed by atoms with van der Waals surface area (Å²) in [4.78, 5) is 55.1. The van der Waals surface area contributed by atoms with Crippen LogP contribution in [0.25, 0.3) is 0 Å². The number of nitrogens with two attached hydrogens (primary N) is 1. The number of carbonyl (C=O) groups is 4. The van der Waals surface area contributed by atoms with Gasteiger partial charge >= 0.3 is 12.1 Å². The Kier molecular flexibility index (Phi) is 12.3. The van der Waals surface area contributed by atoms with Gasteiger partial charge in [-0.1, -0.05) is 23.4 Å². The predicted molar refractivity (Wildman–Crippen MR) is 168 cm³/mol. The van der Waals surface area contributed by atoms with E-state index in [0.717, 1.165) is 11.3 Å². The number of nitrogens with one attached hydrogen (secondary N) is 1. The van der Waals surface area contributed by atoms with E-state index < -0.39 is 62.9 Å². The molecule has 1 aromatic heterocycles. The summed E-state index contributed by atoms with van der Waals surface area (Å²) in [5.41, 5.74) is 4.90. The van der Waals surface area contributed by atoms with Crippen LogP contribution in [0.2, 0.25) is 0 Å². The Hall–Kier alpha value is -4.24. The lowest BCUT2D eigenvalue weighted by molar-refractivity contribution is -0.177. The minimum Gasteiger partial charge on any atom is -0.425 e. The lowest BCUT2D eigenvalue weighted by atomic mass is 9.97. The fourth-order valence-electron chi connectivity index (χ4n) is 3.80. The van der Waals surface area contributed by atoms with Gasteiger partial charge in [-0.15, -0.1) is 23.1 Å². The van der Waals surface area contributed by atoms with Crippen LogP contribution >= 0.6 is 23.1 Å². The lowest BCUT2D eigenvalue weighted by Crippen LogP contribution is -2.70. The zero-order valence-corrected chi connectivity index (χ0v) is 28.2. The average molecular weight is 716 g/mol. The number of rotatable bonds is 9. The topological polar surface area (TPSA) is 246 Å². The summed E-state index contributed by atoms with van der Waals surface area (Å²) < 4.78 is 49.8. The highest BCUT2D eigenvalue weighted by Crippen LogP contribution is 2.41. The van der Waals surface area contributed by atoms with Crippen LogP contribution in [0.3, 0.4) is 0 Å². The molecule has 0 bridgehead atoms. The molecule has 256 valence electrons. The number of fused-ring (bicyclic) bond motifs is 1. The number of methoxy groups -OCH3 is 1. The third-order valence-corrected chi connectivity index (χ3v) is 8.93. The van der Waals surface area contributed by atoms with Crippen molar-refractivity contribution in [3.63, 3.8) is 0 Å². The van der Waals surface area contributed by atoms with E-state index in [9.17, 15) is 32.8 Å². The summed E-state index contributed by atoms with van der Waals surface area (Å²) in [6.07, 6.45) is -2.44. The van der Waals surface area contributed by atoms with Crippen LogP contribution in [0.1, 0.15) is 33.4 Å². The van der Waals surface area contributed by atoms with Crippen molar-refractivity contribution in [2.24, 2.45) is 10.6 Å². The Morgan fingerprint density at radius 1 is 1.21 bits per heavy atom. The second-order valence-electron chi connectivity index (χ2n) is 10.7. The first-order valence-corrected chi connectivity index (χ1v) is 16.9. The van der Waals surface area contributed by atoms with Gasteiger partial charge in [0.2, 0.25) is 12.2 Å². The number of aromatic nitrogens is 1. The van der Waals surface area contributed by atoms with Crippen LogP contribution in [-0.4, -0.2) is 94.9 Å². The van der Waals surface area contributed by atoms with Gasteiger partial charge < -0.3 is 35.2 Å². The Morgan fingerprint density at radius 3 is 2.38 bits per heavy atom. The number of thioether (sulfide) groups is 1. The highest BCUT2D eigenvalue weighted by atomic mass is 32.2. The van der Waals surface area contributed by atoms with E-state index >= 15 is 0 Å². The number of carbonyl (C=O) groups excluding carboxylic acids is 4. The van der Waals surface area contributed by atoms with Crippen LogP contribution < -0.4 is 11.1 Å². The first-order chi connectivity index (χ1) is 22.0. The number of hydrogen-bond acceptors (Lipinski definition) is 16. The fraction of sp³-hybridized carbons (Fsp3) is 0.407. The van der Waals surface area contributed by atoms with E-state index in [1.165, 1.54) is 48.2 Å². The van der Waals surface area contributed by atoms with Crippen molar-refractivity contribution in [3.8, 4) is 0 Å². The molecular weight excluding hydrogens is 683 g/mol. The number of hydrogen-bond donors (Lipinski definition) is 4. The second-order valence-corrected chi connectivity index (χ2v) is 14.1. The number of esters is 1. The summed E-state index contributed by atoms with van der Waals surface area (Å²) in [6.45, 7) is 6.35. The maximum absolute atomic E-state index is 13.0. The number of nitrogen functional groups attached to an aromatic ring is 1. The van der Waals surface area contributed by atoms with Gasteiger partial charge in [0, 0.05) is 30.7 Å². The molecule has 4 rings (SSSR count). The molecule has 0 aliphatic carbocycles. The maximum atomic E-state index is 13.0. The molecule has 1 aromatic carbocycles. The molecule has 1 fully saturated rings. The Morgan fingerprint density at radius 2 is 1.87 bits per heavy atom. The first kappa shape index (κ1) is 37.2. The Balaban J connectivity index is 0.000000511. The number of anilines is 1. The number of β-lactam (4-membered cyclic amide) rings is 1. The van der Waals surface area contributed by atoms with E-state index in [0.29, 0.717) is 11.3 Å². The molecule has 2 unspecified atom stereocenters. The second kappa shape index (κ2) is 15.6. The van der Waals surface area contributed by atoms with Crippen molar-refractivity contribution >= 4 is 68.0 Å². The number of amides is 2. The van der Waals surface area contributed by atoms with Crippen LogP contribution in [0.4, 0.5) is 9.93 Å². The summed E-state index contributed by atoms with van der Waals surface area (Å²) >= 11 is 2.36. The molecule has 3 heterocycles. The van der Waals surface area contributed by atoms with Crippen molar-refractivity contribution in [3.05, 3.63) is 52.9 Å². The molecule has 5 N–H and O–H groups in total. The van der Waals surface area contributed by atoms with Gasteiger partial charge in [0.15, 0.2) is 10.8 Å². The summed E-state index contributed by atoms with van der Waals surface area (Å²) in [6, 6.07) is 6.42. The normalized spacial score (nSPS) is 18.6. The molecule has 3 atom stereocenters. The molecule has 2 amide bonds. The molecular formula is C27H33N5O12S3. The summed E-state index contributed by atoms with van der Waals surface area (Å²) in [5.74, 6) is -1.78. The van der Waals surface area contributed by atoms with Crippen LogP contribution in [0.15, 0.2) is 57.2 Å². The van der Waals surface area contributed by atoms with Gasteiger partial charge in [-0.2, -0.15) is 8.42 Å².